The summed E-state index contributed by atoms with van der Waals surface area (Å²) >= 11 is 0. The molecule has 2 fully saturated rings. The number of amides is 2. The number of nitrogens with zero attached hydrogens (tertiary/aromatic N) is 3. The lowest BCUT2D eigenvalue weighted by Gasteiger charge is -2.45. The second-order valence-corrected chi connectivity index (χ2v) is 9.43. The molecule has 0 bridgehead atoms. The van der Waals surface area contributed by atoms with E-state index >= 15 is 0 Å². The lowest BCUT2D eigenvalue weighted by Crippen LogP contribution is -2.53. The van der Waals surface area contributed by atoms with Crippen molar-refractivity contribution in [1.29, 1.82) is 0 Å². The fourth-order valence-electron chi connectivity index (χ4n) is 5.77. The number of carbonyl (C=O) groups excluding carboxylic acids is 1. The maximum Gasteiger partial charge on any atom is 0.319 e. The monoisotopic (exact) mass is 509 g/mol. The lowest BCUT2D eigenvalue weighted by molar-refractivity contribution is 0.219. The molecule has 8 nitrogen and oxygen atoms in total. The van der Waals surface area contributed by atoms with Crippen LogP contribution in [0.2, 0.25) is 0 Å². The van der Waals surface area contributed by atoms with Gasteiger partial charge in [-0.3, -0.25) is 0 Å². The van der Waals surface area contributed by atoms with Gasteiger partial charge in [0, 0.05) is 48.2 Å². The molecule has 0 spiro atoms. The number of rotatable bonds is 6. The van der Waals surface area contributed by atoms with Gasteiger partial charge in [-0.2, -0.15) is 0 Å². The zero-order valence-electron chi connectivity index (χ0n) is 20.7. The zero-order valence-corrected chi connectivity index (χ0v) is 20.7. The Morgan fingerprint density at radius 1 is 1.03 bits per heavy atom. The summed E-state index contributed by atoms with van der Waals surface area (Å²) in [6.07, 6.45) is 6.60. The molecule has 1 aromatic heterocycles. The summed E-state index contributed by atoms with van der Waals surface area (Å²) in [6.45, 7) is 0.775. The third-order valence-corrected chi connectivity index (χ3v) is 7.54. The van der Waals surface area contributed by atoms with Gasteiger partial charge < -0.3 is 25.0 Å². The van der Waals surface area contributed by atoms with E-state index in [1.807, 2.05) is 12.1 Å². The predicted molar refractivity (Wildman–Crippen MR) is 135 cm³/mol. The van der Waals surface area contributed by atoms with Crippen LogP contribution in [0.4, 0.5) is 25.2 Å². The Labute approximate surface area is 214 Å². The van der Waals surface area contributed by atoms with Crippen LogP contribution in [0.15, 0.2) is 54.9 Å². The molecule has 1 aliphatic carbocycles. The van der Waals surface area contributed by atoms with Gasteiger partial charge in [0.15, 0.2) is 23.1 Å². The van der Waals surface area contributed by atoms with Crippen molar-refractivity contribution in [2.24, 2.45) is 0 Å². The van der Waals surface area contributed by atoms with Crippen LogP contribution < -0.4 is 25.0 Å². The zero-order chi connectivity index (χ0) is 26.0. The normalized spacial score (nSPS) is 22.8. The van der Waals surface area contributed by atoms with Crippen LogP contribution in [-0.2, 0) is 5.41 Å². The van der Waals surface area contributed by atoms with Crippen LogP contribution in [0, 0.1) is 11.6 Å². The Morgan fingerprint density at radius 2 is 1.81 bits per heavy atom. The highest BCUT2D eigenvalue weighted by atomic mass is 19.2. The number of anilines is 2. The van der Waals surface area contributed by atoms with Gasteiger partial charge >= 0.3 is 6.03 Å². The third kappa shape index (κ3) is 4.75. The molecule has 10 heteroatoms. The molecule has 1 aliphatic heterocycles. The molecule has 1 saturated carbocycles. The Morgan fingerprint density at radius 3 is 2.54 bits per heavy atom. The van der Waals surface area contributed by atoms with Crippen LogP contribution in [0.5, 0.6) is 11.5 Å². The van der Waals surface area contributed by atoms with E-state index in [1.54, 1.807) is 32.7 Å². The second-order valence-electron chi connectivity index (χ2n) is 9.43. The maximum absolute atomic E-state index is 13.6. The van der Waals surface area contributed by atoms with Crippen LogP contribution >= 0.6 is 0 Å². The number of hydrogen-bond donors (Lipinski definition) is 2. The molecule has 2 amide bonds. The topological polar surface area (TPSA) is 88.6 Å². The second kappa shape index (κ2) is 10.2. The number of carbonyl (C=O) groups is 1. The van der Waals surface area contributed by atoms with E-state index in [9.17, 15) is 13.6 Å². The quantitative estimate of drug-likeness (QED) is 0.503. The van der Waals surface area contributed by atoms with Crippen LogP contribution in [0.1, 0.15) is 31.2 Å². The van der Waals surface area contributed by atoms with Gasteiger partial charge in [0.1, 0.15) is 0 Å². The van der Waals surface area contributed by atoms with Crippen LogP contribution in [-0.4, -0.2) is 48.8 Å². The maximum atomic E-state index is 13.6. The third-order valence-electron chi connectivity index (χ3n) is 7.54. The van der Waals surface area contributed by atoms with Gasteiger partial charge in [-0.05, 0) is 61.6 Å². The lowest BCUT2D eigenvalue weighted by atomic mass is 9.65. The van der Waals surface area contributed by atoms with Gasteiger partial charge in [-0.25, -0.2) is 23.5 Å². The number of ether oxygens (including phenoxy) is 2. The van der Waals surface area contributed by atoms with Crippen molar-refractivity contribution < 1.29 is 23.0 Å². The first kappa shape index (κ1) is 24.7. The Hall–Kier alpha value is -3.95. The van der Waals surface area contributed by atoms with Gasteiger partial charge in [-0.1, -0.05) is 6.07 Å². The molecule has 5 rings (SSSR count). The van der Waals surface area contributed by atoms with Crippen molar-refractivity contribution in [3.8, 4) is 11.5 Å². The van der Waals surface area contributed by atoms with E-state index in [0.717, 1.165) is 43.5 Å². The van der Waals surface area contributed by atoms with E-state index in [1.165, 1.54) is 6.07 Å². The largest absolute Gasteiger partial charge is 0.493 e. The van der Waals surface area contributed by atoms with Gasteiger partial charge in [0.25, 0.3) is 0 Å². The molecule has 2 aliphatic rings. The first-order chi connectivity index (χ1) is 17.9. The van der Waals surface area contributed by atoms with Crippen molar-refractivity contribution in [2.75, 3.05) is 31.0 Å². The predicted octanol–water partition coefficient (Wildman–Crippen LogP) is 4.66. The summed E-state index contributed by atoms with van der Waals surface area (Å²) in [6, 6.07) is 10.6. The smallest absolute Gasteiger partial charge is 0.319 e. The summed E-state index contributed by atoms with van der Waals surface area (Å²) in [5, 5.41) is 5.62. The first-order valence-corrected chi connectivity index (χ1v) is 12.2. The fraction of sp³-hybridized carbons (Fsp3) is 0.370. The number of fused-ring (bicyclic) bond motifs is 1. The molecule has 3 aromatic rings. The molecule has 2 aromatic carbocycles. The summed E-state index contributed by atoms with van der Waals surface area (Å²) in [4.78, 5) is 23.9. The molecule has 0 radical (unpaired) electrons. The molecule has 1 saturated heterocycles. The van der Waals surface area contributed by atoms with Crippen molar-refractivity contribution >= 4 is 17.7 Å². The molecule has 194 valence electrons. The molecule has 2 heterocycles. The summed E-state index contributed by atoms with van der Waals surface area (Å²) in [5.74, 6) is 0.0222. The SMILES string of the molecule is COc1ccc([C@@]23CC[C@H](NC(=O)Nc4ccc(F)c(F)c4)C[C@H]2N(c2ncccn2)CC3)cc1OC. The van der Waals surface area contributed by atoms with E-state index in [-0.39, 0.29) is 23.2 Å². The van der Waals surface area contributed by atoms with Gasteiger partial charge in [-0.15, -0.1) is 0 Å². The van der Waals surface area contributed by atoms with E-state index in [4.69, 9.17) is 9.47 Å². The molecular weight excluding hydrogens is 480 g/mol. The highest BCUT2D eigenvalue weighted by molar-refractivity contribution is 5.89. The van der Waals surface area contributed by atoms with Crippen molar-refractivity contribution in [3.05, 3.63) is 72.1 Å². The minimum atomic E-state index is -1.01. The highest BCUT2D eigenvalue weighted by Gasteiger charge is 2.52. The first-order valence-electron chi connectivity index (χ1n) is 12.2. The van der Waals surface area contributed by atoms with E-state index in [2.05, 4.69) is 31.6 Å². The number of benzene rings is 2. The average Bonchev–Trinajstić information content (AvgIpc) is 3.30. The molecule has 3 atom stereocenters. The van der Waals surface area contributed by atoms with Crippen molar-refractivity contribution in [3.63, 3.8) is 0 Å². The molecular formula is C27H29F2N5O3. The minimum absolute atomic E-state index is 0.0234. The molecule has 2 N–H and O–H groups in total. The van der Waals surface area contributed by atoms with E-state index in [0.29, 0.717) is 23.9 Å². The number of urea groups is 1. The highest BCUT2D eigenvalue weighted by Crippen LogP contribution is 2.51. The Kier molecular flexibility index (Phi) is 6.82. The fourth-order valence-corrected chi connectivity index (χ4v) is 5.77. The molecule has 0 unspecified atom stereocenters. The number of methoxy groups -OCH3 is 2. The number of halogens is 2. The summed E-state index contributed by atoms with van der Waals surface area (Å²) < 4.78 is 37.8. The number of aromatic nitrogens is 2. The van der Waals surface area contributed by atoms with Gasteiger partial charge in [0.05, 0.1) is 14.2 Å². The Balaban J connectivity index is 1.40. The van der Waals surface area contributed by atoms with Crippen molar-refractivity contribution in [1.82, 2.24) is 15.3 Å². The summed E-state index contributed by atoms with van der Waals surface area (Å²) in [7, 11) is 3.24. The molecule has 37 heavy (non-hydrogen) atoms. The van der Waals surface area contributed by atoms with Crippen molar-refractivity contribution in [2.45, 2.75) is 43.2 Å². The van der Waals surface area contributed by atoms with Crippen LogP contribution in [0.25, 0.3) is 0 Å². The van der Waals surface area contributed by atoms with Crippen LogP contribution in [0.3, 0.4) is 0 Å². The Bertz CT molecular complexity index is 1280. The van der Waals surface area contributed by atoms with E-state index < -0.39 is 17.7 Å². The standard InChI is InChI=1S/C27H29F2N5O3/c1-36-22-7-4-17(14-23(22)37-2)27-9-8-19(33-26(35)32-18-5-6-20(28)21(29)15-18)16-24(27)34(13-10-27)25-30-11-3-12-31-25/h3-7,11-12,14-15,19,24H,8-10,13,16H2,1-2H3,(H2,32,33,35)/t19-,24+,27-/m0/s1. The average molecular weight is 510 g/mol. The number of nitrogens with one attached hydrogen (secondary N) is 2. The number of hydrogen-bond acceptors (Lipinski definition) is 6. The van der Waals surface area contributed by atoms with Gasteiger partial charge in [0.2, 0.25) is 5.95 Å². The summed E-state index contributed by atoms with van der Waals surface area (Å²) in [5.41, 5.74) is 1.15. The minimum Gasteiger partial charge on any atom is -0.493 e.